The summed E-state index contributed by atoms with van der Waals surface area (Å²) in [6.07, 6.45) is 0.118. The molecule has 0 atom stereocenters. The highest BCUT2D eigenvalue weighted by Crippen LogP contribution is 2.20. The Labute approximate surface area is 162 Å². The number of ether oxygens (including phenoxy) is 1. The van der Waals surface area contributed by atoms with Gasteiger partial charge in [-0.05, 0) is 62.7 Å². The van der Waals surface area contributed by atoms with Gasteiger partial charge in [0.15, 0.2) is 5.96 Å². The second-order valence-corrected chi connectivity index (χ2v) is 6.94. The first-order chi connectivity index (χ1) is 12.3. The molecule has 0 heterocycles. The summed E-state index contributed by atoms with van der Waals surface area (Å²) in [5, 5.41) is 5.77. The van der Waals surface area contributed by atoms with Crippen LogP contribution in [0.25, 0.3) is 0 Å². The maximum atomic E-state index is 12.0. The van der Waals surface area contributed by atoms with Gasteiger partial charge in [-0.15, -0.1) is 0 Å². The van der Waals surface area contributed by atoms with E-state index in [1.165, 1.54) is 0 Å². The van der Waals surface area contributed by atoms with E-state index in [1.807, 2.05) is 63.2 Å². The summed E-state index contributed by atoms with van der Waals surface area (Å²) >= 11 is 3.39. The van der Waals surface area contributed by atoms with Crippen LogP contribution in [-0.4, -0.2) is 24.5 Å². The Bertz CT molecular complexity index is 789. The van der Waals surface area contributed by atoms with E-state index in [1.54, 1.807) is 0 Å². The molecule has 6 nitrogen and oxygen atoms in total. The first kappa shape index (κ1) is 19.8. The number of nitrogens with zero attached hydrogens (tertiary/aromatic N) is 1. The molecule has 1 amide bonds. The molecule has 2 aromatic rings. The van der Waals surface area contributed by atoms with Crippen LogP contribution in [0.2, 0.25) is 0 Å². The van der Waals surface area contributed by atoms with Crippen LogP contribution in [0.15, 0.2) is 51.9 Å². The number of nitrogens with two attached hydrogens (primary N) is 1. The number of guanidine groups is 1. The summed E-state index contributed by atoms with van der Waals surface area (Å²) in [4.78, 5) is 16.1. The van der Waals surface area contributed by atoms with Gasteiger partial charge in [0.05, 0.1) is 6.10 Å². The van der Waals surface area contributed by atoms with Gasteiger partial charge in [0.1, 0.15) is 12.3 Å². The van der Waals surface area contributed by atoms with Gasteiger partial charge in [0, 0.05) is 15.8 Å². The molecule has 0 spiro atoms. The van der Waals surface area contributed by atoms with E-state index >= 15 is 0 Å². The lowest BCUT2D eigenvalue weighted by Crippen LogP contribution is -2.25. The van der Waals surface area contributed by atoms with Crippen LogP contribution in [0.1, 0.15) is 19.4 Å². The Morgan fingerprint density at radius 3 is 2.54 bits per heavy atom. The first-order valence-corrected chi connectivity index (χ1v) is 9.02. The van der Waals surface area contributed by atoms with Gasteiger partial charge in [-0.25, -0.2) is 4.99 Å². The van der Waals surface area contributed by atoms with Crippen molar-refractivity contribution in [2.75, 3.05) is 17.2 Å². The van der Waals surface area contributed by atoms with Gasteiger partial charge in [-0.2, -0.15) is 0 Å². The summed E-state index contributed by atoms with van der Waals surface area (Å²) in [6.45, 7) is 5.79. The third-order valence-corrected chi connectivity index (χ3v) is 3.86. The molecule has 0 aliphatic heterocycles. The summed E-state index contributed by atoms with van der Waals surface area (Å²) in [5.41, 5.74) is 8.32. The number of aryl methyl sites for hydroxylation is 1. The zero-order valence-corrected chi connectivity index (χ0v) is 16.6. The first-order valence-electron chi connectivity index (χ1n) is 8.23. The van der Waals surface area contributed by atoms with Gasteiger partial charge in [0.2, 0.25) is 5.91 Å². The highest BCUT2D eigenvalue weighted by molar-refractivity contribution is 9.10. The van der Waals surface area contributed by atoms with E-state index in [4.69, 9.17) is 10.5 Å². The molecule has 2 rings (SSSR count). The molecule has 0 aliphatic rings. The maximum Gasteiger partial charge on any atom is 0.246 e. The molecular formula is C19H23BrN4O2. The Kier molecular flexibility index (Phi) is 7.03. The number of rotatable bonds is 6. The number of hydrogen-bond donors (Lipinski definition) is 3. The van der Waals surface area contributed by atoms with E-state index in [0.717, 1.165) is 27.2 Å². The van der Waals surface area contributed by atoms with Crippen molar-refractivity contribution in [2.45, 2.75) is 26.9 Å². The number of halogens is 1. The van der Waals surface area contributed by atoms with Crippen molar-refractivity contribution in [3.63, 3.8) is 0 Å². The van der Waals surface area contributed by atoms with Gasteiger partial charge in [0.25, 0.3) is 0 Å². The monoisotopic (exact) mass is 418 g/mol. The predicted octanol–water partition coefficient (Wildman–Crippen LogP) is 3.91. The lowest BCUT2D eigenvalue weighted by atomic mass is 10.2. The third-order valence-electron chi connectivity index (χ3n) is 3.37. The Balaban J connectivity index is 1.89. The molecule has 138 valence electrons. The molecule has 4 N–H and O–H groups in total. The normalized spacial score (nSPS) is 11.3. The molecule has 0 saturated carbocycles. The van der Waals surface area contributed by atoms with Crippen molar-refractivity contribution >= 4 is 39.2 Å². The smallest absolute Gasteiger partial charge is 0.246 e. The summed E-state index contributed by atoms with van der Waals surface area (Å²) in [6, 6.07) is 13.1. The SMILES string of the molecule is Cc1ccc(Br)cc1NC(=O)CN=C(N)Nc1ccc(OC(C)C)cc1. The van der Waals surface area contributed by atoms with Crippen LogP contribution in [0.5, 0.6) is 5.75 Å². The summed E-state index contributed by atoms with van der Waals surface area (Å²) in [5.74, 6) is 0.713. The fraction of sp³-hybridized carbons (Fsp3) is 0.263. The molecule has 0 aliphatic carbocycles. The molecule has 0 radical (unpaired) electrons. The van der Waals surface area contributed by atoms with E-state index in [0.29, 0.717) is 0 Å². The number of hydrogen-bond acceptors (Lipinski definition) is 3. The molecule has 7 heteroatoms. The molecule has 0 aromatic heterocycles. The second-order valence-electron chi connectivity index (χ2n) is 6.02. The zero-order chi connectivity index (χ0) is 19.1. The Morgan fingerprint density at radius 1 is 1.19 bits per heavy atom. The number of benzene rings is 2. The second kappa shape index (κ2) is 9.24. The van der Waals surface area contributed by atoms with Crippen molar-refractivity contribution in [1.29, 1.82) is 0 Å². The zero-order valence-electron chi connectivity index (χ0n) is 15.0. The minimum absolute atomic E-state index is 0.0701. The van der Waals surface area contributed by atoms with Crippen molar-refractivity contribution in [3.8, 4) is 5.75 Å². The average Bonchev–Trinajstić information content (AvgIpc) is 2.58. The van der Waals surface area contributed by atoms with E-state index in [9.17, 15) is 4.79 Å². The maximum absolute atomic E-state index is 12.0. The quantitative estimate of drug-likeness (QED) is 0.489. The van der Waals surface area contributed by atoms with E-state index in [-0.39, 0.29) is 24.5 Å². The van der Waals surface area contributed by atoms with Crippen LogP contribution in [-0.2, 0) is 4.79 Å². The average molecular weight is 419 g/mol. The lowest BCUT2D eigenvalue weighted by Gasteiger charge is -2.11. The highest BCUT2D eigenvalue weighted by Gasteiger charge is 2.05. The lowest BCUT2D eigenvalue weighted by molar-refractivity contribution is -0.114. The van der Waals surface area contributed by atoms with Crippen LogP contribution in [0.4, 0.5) is 11.4 Å². The Hall–Kier alpha value is -2.54. The largest absolute Gasteiger partial charge is 0.491 e. The standard InChI is InChI=1S/C19H23BrN4O2/c1-12(2)26-16-8-6-15(7-9-16)23-19(21)22-11-18(25)24-17-10-14(20)5-4-13(17)3/h4-10,12H,11H2,1-3H3,(H,24,25)(H3,21,22,23). The van der Waals surface area contributed by atoms with Crippen molar-refractivity contribution < 1.29 is 9.53 Å². The summed E-state index contributed by atoms with van der Waals surface area (Å²) < 4.78 is 6.48. The number of nitrogens with one attached hydrogen (secondary N) is 2. The number of aliphatic imine (C=N–C) groups is 1. The van der Waals surface area contributed by atoms with Crippen molar-refractivity contribution in [3.05, 3.63) is 52.5 Å². The highest BCUT2D eigenvalue weighted by atomic mass is 79.9. The fourth-order valence-electron chi connectivity index (χ4n) is 2.15. The Morgan fingerprint density at radius 2 is 1.88 bits per heavy atom. The minimum Gasteiger partial charge on any atom is -0.491 e. The number of carbonyl (C=O) groups excluding carboxylic acids is 1. The number of anilines is 2. The van der Waals surface area contributed by atoms with Crippen molar-refractivity contribution in [2.24, 2.45) is 10.7 Å². The van der Waals surface area contributed by atoms with E-state index in [2.05, 4.69) is 31.6 Å². The third kappa shape index (κ3) is 6.40. The predicted molar refractivity (Wildman–Crippen MR) is 110 cm³/mol. The molecule has 0 saturated heterocycles. The molecule has 2 aromatic carbocycles. The van der Waals surface area contributed by atoms with Crippen molar-refractivity contribution in [1.82, 2.24) is 0 Å². The van der Waals surface area contributed by atoms with Crippen LogP contribution in [0.3, 0.4) is 0 Å². The summed E-state index contributed by atoms with van der Waals surface area (Å²) in [7, 11) is 0. The van der Waals surface area contributed by atoms with E-state index < -0.39 is 0 Å². The molecule has 26 heavy (non-hydrogen) atoms. The number of carbonyl (C=O) groups is 1. The van der Waals surface area contributed by atoms with Gasteiger partial charge >= 0.3 is 0 Å². The molecule has 0 fully saturated rings. The van der Waals surface area contributed by atoms with Crippen LogP contribution < -0.4 is 21.1 Å². The number of amides is 1. The van der Waals surface area contributed by atoms with Crippen LogP contribution >= 0.6 is 15.9 Å². The molecule has 0 bridgehead atoms. The van der Waals surface area contributed by atoms with Crippen LogP contribution in [0, 0.1) is 6.92 Å². The van der Waals surface area contributed by atoms with Gasteiger partial charge in [-0.3, -0.25) is 4.79 Å². The van der Waals surface area contributed by atoms with Gasteiger partial charge < -0.3 is 21.1 Å². The minimum atomic E-state index is -0.239. The fourth-order valence-corrected chi connectivity index (χ4v) is 2.51. The topological polar surface area (TPSA) is 88.7 Å². The molecule has 0 unspecified atom stereocenters. The van der Waals surface area contributed by atoms with Gasteiger partial charge in [-0.1, -0.05) is 22.0 Å². The molecular weight excluding hydrogens is 396 g/mol.